The highest BCUT2D eigenvalue weighted by molar-refractivity contribution is 5.76. The summed E-state index contributed by atoms with van der Waals surface area (Å²) in [6.45, 7) is 1.93. The molecule has 0 aliphatic heterocycles. The summed E-state index contributed by atoms with van der Waals surface area (Å²) >= 11 is 0. The largest absolute Gasteiger partial charge is 0.381 e. The molecule has 1 aromatic rings. The van der Waals surface area contributed by atoms with Crippen LogP contribution < -0.4 is 5.32 Å². The van der Waals surface area contributed by atoms with Crippen LogP contribution in [0.5, 0.6) is 0 Å². The van der Waals surface area contributed by atoms with Crippen molar-refractivity contribution >= 4 is 5.91 Å². The molecule has 3 nitrogen and oxygen atoms in total. The first-order valence-electron chi connectivity index (χ1n) is 8.56. The molecule has 1 fully saturated rings. The normalized spacial score (nSPS) is 18.6. The number of benzene rings is 1. The van der Waals surface area contributed by atoms with Gasteiger partial charge < -0.3 is 10.1 Å². The van der Waals surface area contributed by atoms with Gasteiger partial charge >= 0.3 is 0 Å². The molecule has 22 heavy (non-hydrogen) atoms. The Bertz CT molecular complexity index is 440. The van der Waals surface area contributed by atoms with E-state index >= 15 is 0 Å². The lowest BCUT2D eigenvalue weighted by molar-refractivity contribution is -0.124. The van der Waals surface area contributed by atoms with Gasteiger partial charge in [0.25, 0.3) is 0 Å². The Morgan fingerprint density at radius 3 is 2.55 bits per heavy atom. The van der Waals surface area contributed by atoms with Crippen LogP contribution in [0.3, 0.4) is 0 Å². The van der Waals surface area contributed by atoms with Crippen molar-refractivity contribution in [3.63, 3.8) is 0 Å². The topological polar surface area (TPSA) is 38.3 Å². The Morgan fingerprint density at radius 1 is 1.23 bits per heavy atom. The summed E-state index contributed by atoms with van der Waals surface area (Å²) in [6, 6.07) is 10.5. The number of hydrogen-bond donors (Lipinski definition) is 1. The zero-order chi connectivity index (χ0) is 15.8. The van der Waals surface area contributed by atoms with E-state index in [1.807, 2.05) is 25.1 Å². The Balaban J connectivity index is 1.99. The SMILES string of the molecule is COC(C)CC(=O)NC(CC1CCCCC1)c1ccccc1. The first-order valence-corrected chi connectivity index (χ1v) is 8.56. The molecule has 2 atom stereocenters. The van der Waals surface area contributed by atoms with E-state index in [2.05, 4.69) is 17.4 Å². The summed E-state index contributed by atoms with van der Waals surface area (Å²) < 4.78 is 5.20. The van der Waals surface area contributed by atoms with Crippen LogP contribution in [-0.4, -0.2) is 19.1 Å². The predicted octanol–water partition coefficient (Wildman–Crippen LogP) is 4.24. The van der Waals surface area contributed by atoms with Gasteiger partial charge in [0.15, 0.2) is 0 Å². The highest BCUT2D eigenvalue weighted by Crippen LogP contribution is 2.32. The molecule has 1 N–H and O–H groups in total. The molecule has 3 heteroatoms. The number of amides is 1. The van der Waals surface area contributed by atoms with E-state index in [0.29, 0.717) is 6.42 Å². The minimum Gasteiger partial charge on any atom is -0.381 e. The first kappa shape index (κ1) is 17.0. The molecule has 0 radical (unpaired) electrons. The smallest absolute Gasteiger partial charge is 0.223 e. The molecule has 0 saturated heterocycles. The number of methoxy groups -OCH3 is 1. The zero-order valence-electron chi connectivity index (χ0n) is 13.9. The summed E-state index contributed by atoms with van der Waals surface area (Å²) in [5.41, 5.74) is 1.21. The number of ether oxygens (including phenoxy) is 1. The van der Waals surface area contributed by atoms with E-state index in [1.165, 1.54) is 37.7 Å². The highest BCUT2D eigenvalue weighted by Gasteiger charge is 2.22. The van der Waals surface area contributed by atoms with Gasteiger partial charge in [-0.25, -0.2) is 0 Å². The summed E-state index contributed by atoms with van der Waals surface area (Å²) in [7, 11) is 1.65. The number of hydrogen-bond acceptors (Lipinski definition) is 2. The van der Waals surface area contributed by atoms with Crippen LogP contribution in [0.4, 0.5) is 0 Å². The van der Waals surface area contributed by atoms with Gasteiger partial charge in [-0.3, -0.25) is 4.79 Å². The van der Waals surface area contributed by atoms with Gasteiger partial charge in [-0.05, 0) is 24.8 Å². The predicted molar refractivity (Wildman–Crippen MR) is 89.6 cm³/mol. The van der Waals surface area contributed by atoms with Gasteiger partial charge in [-0.15, -0.1) is 0 Å². The Hall–Kier alpha value is -1.35. The minimum atomic E-state index is -0.0360. The van der Waals surface area contributed by atoms with Crippen molar-refractivity contribution in [3.8, 4) is 0 Å². The minimum absolute atomic E-state index is 0.0360. The summed E-state index contributed by atoms with van der Waals surface area (Å²) in [6.07, 6.45) is 8.07. The van der Waals surface area contributed by atoms with Gasteiger partial charge in [0.05, 0.1) is 18.6 Å². The Morgan fingerprint density at radius 2 is 1.91 bits per heavy atom. The average Bonchev–Trinajstić information content (AvgIpc) is 2.56. The van der Waals surface area contributed by atoms with Crippen molar-refractivity contribution in [2.45, 2.75) is 64.0 Å². The molecule has 2 unspecified atom stereocenters. The zero-order valence-corrected chi connectivity index (χ0v) is 13.9. The van der Waals surface area contributed by atoms with E-state index in [1.54, 1.807) is 7.11 Å². The Labute approximate surface area is 134 Å². The molecule has 1 aliphatic rings. The second-order valence-electron chi connectivity index (χ2n) is 6.52. The van der Waals surface area contributed by atoms with Gasteiger partial charge in [0.2, 0.25) is 5.91 Å². The molecule has 1 amide bonds. The maximum atomic E-state index is 12.2. The second-order valence-corrected chi connectivity index (χ2v) is 6.52. The number of carbonyl (C=O) groups is 1. The molecule has 2 rings (SSSR count). The molecule has 1 saturated carbocycles. The third-order valence-electron chi connectivity index (χ3n) is 4.71. The lowest BCUT2D eigenvalue weighted by Gasteiger charge is -2.28. The highest BCUT2D eigenvalue weighted by atomic mass is 16.5. The standard InChI is InChI=1S/C19H29NO2/c1-15(22-2)13-19(21)20-18(17-11-7-4-8-12-17)14-16-9-5-3-6-10-16/h4,7-8,11-12,15-16,18H,3,5-6,9-10,13-14H2,1-2H3,(H,20,21). The lowest BCUT2D eigenvalue weighted by atomic mass is 9.83. The van der Waals surface area contributed by atoms with Gasteiger partial charge in [0.1, 0.15) is 0 Å². The van der Waals surface area contributed by atoms with E-state index in [-0.39, 0.29) is 18.1 Å². The van der Waals surface area contributed by atoms with Crippen LogP contribution in [-0.2, 0) is 9.53 Å². The van der Waals surface area contributed by atoms with E-state index in [0.717, 1.165) is 12.3 Å². The van der Waals surface area contributed by atoms with Crippen LogP contribution in [0.25, 0.3) is 0 Å². The van der Waals surface area contributed by atoms with E-state index in [4.69, 9.17) is 4.74 Å². The maximum absolute atomic E-state index is 12.2. The molecule has 0 heterocycles. The van der Waals surface area contributed by atoms with Crippen molar-refractivity contribution in [1.82, 2.24) is 5.32 Å². The Kier molecular flexibility index (Phi) is 6.91. The van der Waals surface area contributed by atoms with Gasteiger partial charge in [-0.1, -0.05) is 62.4 Å². The van der Waals surface area contributed by atoms with Gasteiger partial charge in [-0.2, -0.15) is 0 Å². The third-order valence-corrected chi connectivity index (χ3v) is 4.71. The average molecular weight is 303 g/mol. The molecular weight excluding hydrogens is 274 g/mol. The number of rotatable bonds is 7. The van der Waals surface area contributed by atoms with Crippen LogP contribution in [0, 0.1) is 5.92 Å². The van der Waals surface area contributed by atoms with Gasteiger partial charge in [0, 0.05) is 7.11 Å². The second kappa shape index (κ2) is 8.94. The molecular formula is C19H29NO2. The molecule has 0 spiro atoms. The van der Waals surface area contributed by atoms with Crippen LogP contribution in [0.1, 0.15) is 63.5 Å². The fourth-order valence-electron chi connectivity index (χ4n) is 3.32. The fraction of sp³-hybridized carbons (Fsp3) is 0.632. The summed E-state index contributed by atoms with van der Waals surface area (Å²) in [5.74, 6) is 0.818. The quantitative estimate of drug-likeness (QED) is 0.818. The maximum Gasteiger partial charge on any atom is 0.223 e. The number of carbonyl (C=O) groups excluding carboxylic acids is 1. The third kappa shape index (κ3) is 5.45. The molecule has 0 bridgehead atoms. The summed E-state index contributed by atoms with van der Waals surface area (Å²) in [4.78, 5) is 12.2. The molecule has 0 aromatic heterocycles. The van der Waals surface area contributed by atoms with Crippen molar-refractivity contribution in [2.24, 2.45) is 5.92 Å². The monoisotopic (exact) mass is 303 g/mol. The number of nitrogens with one attached hydrogen (secondary N) is 1. The lowest BCUT2D eigenvalue weighted by Crippen LogP contribution is -2.32. The molecule has 122 valence electrons. The van der Waals surface area contributed by atoms with Crippen LogP contribution >= 0.6 is 0 Å². The van der Waals surface area contributed by atoms with Crippen molar-refractivity contribution < 1.29 is 9.53 Å². The van der Waals surface area contributed by atoms with E-state index in [9.17, 15) is 4.79 Å². The first-order chi connectivity index (χ1) is 10.7. The van der Waals surface area contributed by atoms with Crippen LogP contribution in [0.15, 0.2) is 30.3 Å². The van der Waals surface area contributed by atoms with Crippen molar-refractivity contribution in [3.05, 3.63) is 35.9 Å². The van der Waals surface area contributed by atoms with E-state index < -0.39 is 0 Å². The van der Waals surface area contributed by atoms with Crippen molar-refractivity contribution in [2.75, 3.05) is 7.11 Å². The fourth-order valence-corrected chi connectivity index (χ4v) is 3.32. The molecule has 1 aromatic carbocycles. The summed E-state index contributed by atoms with van der Waals surface area (Å²) in [5, 5.41) is 3.23. The van der Waals surface area contributed by atoms with Crippen molar-refractivity contribution in [1.29, 1.82) is 0 Å². The van der Waals surface area contributed by atoms with Crippen LogP contribution in [0.2, 0.25) is 0 Å². The molecule has 1 aliphatic carbocycles.